The second kappa shape index (κ2) is 4.07. The molecule has 0 bridgehead atoms. The highest BCUT2D eigenvalue weighted by molar-refractivity contribution is 5.33. The van der Waals surface area contributed by atoms with E-state index in [0.717, 1.165) is 6.07 Å². The van der Waals surface area contributed by atoms with Crippen LogP contribution < -0.4 is 5.32 Å². The zero-order chi connectivity index (χ0) is 11.8. The third kappa shape index (κ3) is 2.20. The van der Waals surface area contributed by atoms with Crippen LogP contribution in [-0.2, 0) is 6.18 Å². The zero-order valence-corrected chi connectivity index (χ0v) is 8.46. The van der Waals surface area contributed by atoms with Crippen LogP contribution in [0.3, 0.4) is 0 Å². The Morgan fingerprint density at radius 2 is 1.94 bits per heavy atom. The molecule has 0 aromatic heterocycles. The van der Waals surface area contributed by atoms with Gasteiger partial charge in [0, 0.05) is 12.6 Å². The van der Waals surface area contributed by atoms with Gasteiger partial charge in [-0.1, -0.05) is 18.2 Å². The lowest BCUT2D eigenvalue weighted by atomic mass is 9.98. The van der Waals surface area contributed by atoms with Gasteiger partial charge in [0.15, 0.2) is 0 Å². The van der Waals surface area contributed by atoms with Gasteiger partial charge in [0.1, 0.15) is 0 Å². The standard InChI is InChI=1S/C11H12F3NO/c12-11(13,14)9-4-2-1-3-8(9)10-5-7(16)6-15-10/h1-4,7,10,15-16H,5-6H2/t7-,10-/m1/s1. The summed E-state index contributed by atoms with van der Waals surface area (Å²) in [5.74, 6) is 0. The number of halogens is 3. The Morgan fingerprint density at radius 3 is 2.50 bits per heavy atom. The molecule has 1 aliphatic rings. The minimum Gasteiger partial charge on any atom is -0.392 e. The molecule has 0 aliphatic carbocycles. The van der Waals surface area contributed by atoms with Crippen LogP contribution in [0.2, 0.25) is 0 Å². The molecule has 88 valence electrons. The number of aliphatic hydroxyl groups is 1. The van der Waals surface area contributed by atoms with Crippen LogP contribution in [0.1, 0.15) is 23.6 Å². The molecule has 1 aromatic carbocycles. The zero-order valence-electron chi connectivity index (χ0n) is 8.46. The fraction of sp³-hybridized carbons (Fsp3) is 0.455. The van der Waals surface area contributed by atoms with Crippen LogP contribution in [0.25, 0.3) is 0 Å². The Morgan fingerprint density at radius 1 is 1.25 bits per heavy atom. The molecule has 0 saturated carbocycles. The summed E-state index contributed by atoms with van der Waals surface area (Å²) in [6.45, 7) is 0.344. The summed E-state index contributed by atoms with van der Waals surface area (Å²) < 4.78 is 38.1. The molecule has 1 saturated heterocycles. The van der Waals surface area contributed by atoms with E-state index >= 15 is 0 Å². The number of hydrogen-bond donors (Lipinski definition) is 2. The van der Waals surface area contributed by atoms with Crippen LogP contribution in [0.5, 0.6) is 0 Å². The summed E-state index contributed by atoms with van der Waals surface area (Å²) in [6.07, 6.45) is -4.58. The van der Waals surface area contributed by atoms with Gasteiger partial charge in [0.2, 0.25) is 0 Å². The molecule has 1 fully saturated rings. The molecule has 2 atom stereocenters. The maximum atomic E-state index is 12.7. The molecule has 0 spiro atoms. The van der Waals surface area contributed by atoms with Crippen molar-refractivity contribution < 1.29 is 18.3 Å². The molecule has 2 rings (SSSR count). The Kier molecular flexibility index (Phi) is 2.90. The van der Waals surface area contributed by atoms with E-state index < -0.39 is 23.9 Å². The molecular formula is C11H12F3NO. The summed E-state index contributed by atoms with van der Waals surface area (Å²) in [6, 6.07) is 5.07. The Labute approximate surface area is 91.1 Å². The number of β-amino-alcohol motifs (C(OH)–C–C–N with tert-alkyl or cyclic N) is 1. The van der Waals surface area contributed by atoms with E-state index in [1.165, 1.54) is 12.1 Å². The minimum atomic E-state index is -4.34. The Hall–Kier alpha value is -1.07. The maximum Gasteiger partial charge on any atom is 0.416 e. The summed E-state index contributed by atoms with van der Waals surface area (Å²) in [4.78, 5) is 0. The second-order valence-electron chi connectivity index (χ2n) is 3.94. The highest BCUT2D eigenvalue weighted by Crippen LogP contribution is 2.36. The largest absolute Gasteiger partial charge is 0.416 e. The van der Waals surface area contributed by atoms with Crippen LogP contribution >= 0.6 is 0 Å². The first-order valence-electron chi connectivity index (χ1n) is 5.06. The van der Waals surface area contributed by atoms with Crippen molar-refractivity contribution in [3.63, 3.8) is 0 Å². The molecule has 1 aliphatic heterocycles. The number of benzene rings is 1. The summed E-state index contributed by atoms with van der Waals surface area (Å²) in [5, 5.41) is 12.2. The summed E-state index contributed by atoms with van der Waals surface area (Å²) >= 11 is 0. The topological polar surface area (TPSA) is 32.3 Å². The fourth-order valence-corrected chi connectivity index (χ4v) is 2.01. The van der Waals surface area contributed by atoms with Gasteiger partial charge in [-0.15, -0.1) is 0 Å². The van der Waals surface area contributed by atoms with Gasteiger partial charge in [-0.25, -0.2) is 0 Å². The van der Waals surface area contributed by atoms with Crippen molar-refractivity contribution in [1.29, 1.82) is 0 Å². The van der Waals surface area contributed by atoms with E-state index in [4.69, 9.17) is 0 Å². The average Bonchev–Trinajstić information content (AvgIpc) is 2.64. The first-order chi connectivity index (χ1) is 7.48. The number of rotatable bonds is 1. The Bertz CT molecular complexity index is 378. The molecular weight excluding hydrogens is 219 g/mol. The van der Waals surface area contributed by atoms with Crippen LogP contribution in [0, 0.1) is 0 Å². The molecule has 0 radical (unpaired) electrons. The van der Waals surface area contributed by atoms with E-state index in [-0.39, 0.29) is 5.56 Å². The quantitative estimate of drug-likeness (QED) is 0.775. The Balaban J connectivity index is 2.34. The van der Waals surface area contributed by atoms with E-state index in [2.05, 4.69) is 5.32 Å². The molecule has 1 heterocycles. The van der Waals surface area contributed by atoms with E-state index in [1.54, 1.807) is 6.07 Å². The number of nitrogens with one attached hydrogen (secondary N) is 1. The highest BCUT2D eigenvalue weighted by Gasteiger charge is 2.36. The predicted molar refractivity (Wildman–Crippen MR) is 52.8 cm³/mol. The van der Waals surface area contributed by atoms with Gasteiger partial charge in [-0.05, 0) is 18.1 Å². The van der Waals surface area contributed by atoms with Crippen molar-refractivity contribution in [1.82, 2.24) is 5.32 Å². The first-order valence-corrected chi connectivity index (χ1v) is 5.06. The van der Waals surface area contributed by atoms with Gasteiger partial charge in [0.25, 0.3) is 0 Å². The minimum absolute atomic E-state index is 0.214. The van der Waals surface area contributed by atoms with Crippen molar-refractivity contribution in [3.8, 4) is 0 Å². The predicted octanol–water partition coefficient (Wildman–Crippen LogP) is 2.10. The van der Waals surface area contributed by atoms with Crippen molar-refractivity contribution >= 4 is 0 Å². The maximum absolute atomic E-state index is 12.7. The van der Waals surface area contributed by atoms with Crippen molar-refractivity contribution in [2.75, 3.05) is 6.54 Å². The van der Waals surface area contributed by atoms with Gasteiger partial charge >= 0.3 is 6.18 Å². The molecule has 2 N–H and O–H groups in total. The molecule has 16 heavy (non-hydrogen) atoms. The van der Waals surface area contributed by atoms with Crippen LogP contribution in [0.4, 0.5) is 13.2 Å². The molecule has 2 nitrogen and oxygen atoms in total. The smallest absolute Gasteiger partial charge is 0.392 e. The van der Waals surface area contributed by atoms with Gasteiger partial charge < -0.3 is 10.4 Å². The molecule has 5 heteroatoms. The second-order valence-corrected chi connectivity index (χ2v) is 3.94. The molecule has 0 amide bonds. The number of hydrogen-bond acceptors (Lipinski definition) is 2. The normalized spacial score (nSPS) is 26.0. The summed E-state index contributed by atoms with van der Waals surface area (Å²) in [5.41, 5.74) is -0.409. The monoisotopic (exact) mass is 231 g/mol. The van der Waals surface area contributed by atoms with Crippen molar-refractivity contribution in [2.24, 2.45) is 0 Å². The molecule has 0 unspecified atom stereocenters. The fourth-order valence-electron chi connectivity index (χ4n) is 2.01. The van der Waals surface area contributed by atoms with E-state index in [9.17, 15) is 18.3 Å². The summed E-state index contributed by atoms with van der Waals surface area (Å²) in [7, 11) is 0. The van der Waals surface area contributed by atoms with Gasteiger partial charge in [-0.2, -0.15) is 13.2 Å². The first kappa shape index (κ1) is 11.4. The number of alkyl halides is 3. The third-order valence-corrected chi connectivity index (χ3v) is 2.75. The van der Waals surface area contributed by atoms with Gasteiger partial charge in [-0.3, -0.25) is 0 Å². The number of aliphatic hydroxyl groups excluding tert-OH is 1. The van der Waals surface area contributed by atoms with Crippen molar-refractivity contribution in [2.45, 2.75) is 24.7 Å². The lowest BCUT2D eigenvalue weighted by molar-refractivity contribution is -0.138. The SMILES string of the molecule is O[C@H]1CN[C@@H](c2ccccc2C(F)(F)F)C1. The van der Waals surface area contributed by atoms with Gasteiger partial charge in [0.05, 0.1) is 11.7 Å². The lowest BCUT2D eigenvalue weighted by Crippen LogP contribution is -2.18. The lowest BCUT2D eigenvalue weighted by Gasteiger charge is -2.17. The van der Waals surface area contributed by atoms with E-state index in [1.807, 2.05) is 0 Å². The van der Waals surface area contributed by atoms with Crippen LogP contribution in [0.15, 0.2) is 24.3 Å². The average molecular weight is 231 g/mol. The van der Waals surface area contributed by atoms with E-state index in [0.29, 0.717) is 13.0 Å². The highest BCUT2D eigenvalue weighted by atomic mass is 19.4. The van der Waals surface area contributed by atoms with Crippen molar-refractivity contribution in [3.05, 3.63) is 35.4 Å². The third-order valence-electron chi connectivity index (χ3n) is 2.75. The van der Waals surface area contributed by atoms with Crippen LogP contribution in [-0.4, -0.2) is 17.8 Å². The molecule has 1 aromatic rings.